The van der Waals surface area contributed by atoms with Crippen molar-refractivity contribution in [3.8, 4) is 11.5 Å². The number of hydrogen-bond acceptors (Lipinski definition) is 6. The molecule has 8 nitrogen and oxygen atoms in total. The van der Waals surface area contributed by atoms with Gasteiger partial charge in [-0.3, -0.25) is 4.79 Å². The van der Waals surface area contributed by atoms with Crippen LogP contribution in [0.25, 0.3) is 0 Å². The maximum atomic E-state index is 13.3. The monoisotopic (exact) mass is 423 g/mol. The Labute approximate surface area is 178 Å². The van der Waals surface area contributed by atoms with Crippen molar-refractivity contribution >= 4 is 17.5 Å². The Hall–Kier alpha value is -3.88. The molecule has 1 aromatic heterocycles. The summed E-state index contributed by atoms with van der Waals surface area (Å²) in [4.78, 5) is 17.5. The number of aromatic nitrogens is 3. The fourth-order valence-electron chi connectivity index (χ4n) is 3.55. The van der Waals surface area contributed by atoms with Crippen molar-refractivity contribution in [2.45, 2.75) is 19.9 Å². The van der Waals surface area contributed by atoms with Gasteiger partial charge in [0, 0.05) is 11.4 Å². The molecule has 0 fully saturated rings. The average Bonchev–Trinajstić information content (AvgIpc) is 3.23. The van der Waals surface area contributed by atoms with Crippen molar-refractivity contribution in [2.24, 2.45) is 0 Å². The molecule has 0 spiro atoms. The molecule has 2 heterocycles. The number of methoxy groups -OCH3 is 1. The molecule has 0 saturated heterocycles. The zero-order valence-electron chi connectivity index (χ0n) is 17.3. The van der Waals surface area contributed by atoms with Crippen molar-refractivity contribution < 1.29 is 18.7 Å². The van der Waals surface area contributed by atoms with Gasteiger partial charge in [0.25, 0.3) is 5.91 Å². The summed E-state index contributed by atoms with van der Waals surface area (Å²) >= 11 is 0. The first kappa shape index (κ1) is 20.4. The standard InChI is InChI=1S/C22H22FN5O3/c1-4-31-17-10-5-14(11-18(17)30-3)20-19(13(2)26-22-24-12-25-28(20)22)21(29)27-16-8-6-15(23)7-9-16/h5-12,20H,4H2,1-3H3,(H,27,29)(H,24,25,26). The quantitative estimate of drug-likeness (QED) is 0.628. The Bertz CT molecular complexity index is 1140. The van der Waals surface area contributed by atoms with E-state index in [1.807, 2.05) is 19.1 Å². The molecule has 31 heavy (non-hydrogen) atoms. The number of benzene rings is 2. The number of rotatable bonds is 6. The number of ether oxygens (including phenoxy) is 2. The van der Waals surface area contributed by atoms with E-state index in [9.17, 15) is 9.18 Å². The van der Waals surface area contributed by atoms with Crippen molar-refractivity contribution in [2.75, 3.05) is 24.4 Å². The lowest BCUT2D eigenvalue weighted by Gasteiger charge is -2.29. The smallest absolute Gasteiger partial charge is 0.255 e. The SMILES string of the molecule is CCOc1ccc(C2C(C(=O)Nc3ccc(F)cc3)=C(C)Nc3ncnn32)cc1OC. The molecule has 0 saturated carbocycles. The normalized spacial score (nSPS) is 15.2. The fraction of sp³-hybridized carbons (Fsp3) is 0.227. The number of allylic oxidation sites excluding steroid dienone is 1. The lowest BCUT2D eigenvalue weighted by Crippen LogP contribution is -2.31. The molecule has 0 radical (unpaired) electrons. The summed E-state index contributed by atoms with van der Waals surface area (Å²) in [5, 5.41) is 10.3. The first-order valence-corrected chi connectivity index (χ1v) is 9.76. The van der Waals surface area contributed by atoms with Crippen LogP contribution in [-0.2, 0) is 4.79 Å². The van der Waals surface area contributed by atoms with E-state index in [0.29, 0.717) is 41.0 Å². The predicted octanol–water partition coefficient (Wildman–Crippen LogP) is 3.75. The van der Waals surface area contributed by atoms with Gasteiger partial charge in [-0.25, -0.2) is 9.07 Å². The minimum Gasteiger partial charge on any atom is -0.493 e. The molecular formula is C22H22FN5O3. The van der Waals surface area contributed by atoms with E-state index < -0.39 is 6.04 Å². The van der Waals surface area contributed by atoms with Crippen LogP contribution in [0.15, 0.2) is 60.1 Å². The number of fused-ring (bicyclic) bond motifs is 1. The van der Waals surface area contributed by atoms with E-state index in [1.54, 1.807) is 24.8 Å². The molecule has 9 heteroatoms. The van der Waals surface area contributed by atoms with E-state index in [2.05, 4.69) is 20.7 Å². The third-order valence-electron chi connectivity index (χ3n) is 4.94. The van der Waals surface area contributed by atoms with E-state index in [4.69, 9.17) is 9.47 Å². The number of nitrogens with zero attached hydrogens (tertiary/aromatic N) is 3. The van der Waals surface area contributed by atoms with Gasteiger partial charge >= 0.3 is 0 Å². The number of hydrogen-bond donors (Lipinski definition) is 2. The Morgan fingerprint density at radius 2 is 2.00 bits per heavy atom. The molecule has 2 aromatic carbocycles. The molecule has 1 atom stereocenters. The van der Waals surface area contributed by atoms with Gasteiger partial charge in [-0.15, -0.1) is 0 Å². The van der Waals surface area contributed by atoms with Gasteiger partial charge in [0.15, 0.2) is 11.5 Å². The molecule has 3 aromatic rings. The molecule has 2 N–H and O–H groups in total. The fourth-order valence-corrected chi connectivity index (χ4v) is 3.55. The highest BCUT2D eigenvalue weighted by Crippen LogP contribution is 2.38. The summed E-state index contributed by atoms with van der Waals surface area (Å²) in [5.41, 5.74) is 2.35. The van der Waals surface area contributed by atoms with Gasteiger partial charge in [-0.2, -0.15) is 10.1 Å². The van der Waals surface area contributed by atoms with Gasteiger partial charge in [-0.1, -0.05) is 6.07 Å². The second-order valence-corrected chi connectivity index (χ2v) is 6.90. The molecule has 1 unspecified atom stereocenters. The van der Waals surface area contributed by atoms with Crippen molar-refractivity contribution in [1.29, 1.82) is 0 Å². The van der Waals surface area contributed by atoms with Crippen LogP contribution in [0.4, 0.5) is 16.0 Å². The van der Waals surface area contributed by atoms with Crippen molar-refractivity contribution in [3.05, 3.63) is 71.4 Å². The summed E-state index contributed by atoms with van der Waals surface area (Å²) in [7, 11) is 1.56. The molecular weight excluding hydrogens is 401 g/mol. The predicted molar refractivity (Wildman–Crippen MR) is 114 cm³/mol. The highest BCUT2D eigenvalue weighted by atomic mass is 19.1. The van der Waals surface area contributed by atoms with Crippen LogP contribution in [0.1, 0.15) is 25.5 Å². The third-order valence-corrected chi connectivity index (χ3v) is 4.94. The maximum Gasteiger partial charge on any atom is 0.255 e. The van der Waals surface area contributed by atoms with E-state index in [0.717, 1.165) is 5.56 Å². The van der Waals surface area contributed by atoms with Gasteiger partial charge in [0.05, 0.1) is 19.3 Å². The van der Waals surface area contributed by atoms with E-state index in [-0.39, 0.29) is 11.7 Å². The van der Waals surface area contributed by atoms with Crippen LogP contribution in [-0.4, -0.2) is 34.4 Å². The van der Waals surface area contributed by atoms with Gasteiger partial charge in [0.2, 0.25) is 5.95 Å². The summed E-state index contributed by atoms with van der Waals surface area (Å²) in [6, 6.07) is 10.5. The molecule has 1 amide bonds. The van der Waals surface area contributed by atoms with Crippen LogP contribution in [0.5, 0.6) is 11.5 Å². The lowest BCUT2D eigenvalue weighted by molar-refractivity contribution is -0.113. The van der Waals surface area contributed by atoms with Gasteiger partial charge in [-0.05, 0) is 55.8 Å². The molecule has 1 aliphatic rings. The highest BCUT2D eigenvalue weighted by Gasteiger charge is 2.34. The minimum atomic E-state index is -0.552. The minimum absolute atomic E-state index is 0.337. The third kappa shape index (κ3) is 3.94. The summed E-state index contributed by atoms with van der Waals surface area (Å²) in [6.45, 7) is 4.20. The number of anilines is 2. The highest BCUT2D eigenvalue weighted by molar-refractivity contribution is 6.06. The van der Waals surface area contributed by atoms with Crippen LogP contribution in [0.2, 0.25) is 0 Å². The molecule has 4 rings (SSSR count). The van der Waals surface area contributed by atoms with Crippen LogP contribution < -0.4 is 20.1 Å². The number of carbonyl (C=O) groups is 1. The topological polar surface area (TPSA) is 90.3 Å². The summed E-state index contributed by atoms with van der Waals surface area (Å²) < 4.78 is 26.0. The Morgan fingerprint density at radius 3 is 2.71 bits per heavy atom. The summed E-state index contributed by atoms with van der Waals surface area (Å²) in [5.74, 6) is 0.971. The first-order chi connectivity index (χ1) is 15.0. The van der Waals surface area contributed by atoms with E-state index in [1.165, 1.54) is 30.6 Å². The van der Waals surface area contributed by atoms with Crippen LogP contribution in [0, 0.1) is 5.82 Å². The van der Waals surface area contributed by atoms with E-state index >= 15 is 0 Å². The van der Waals surface area contributed by atoms with Gasteiger partial charge < -0.3 is 20.1 Å². The lowest BCUT2D eigenvalue weighted by atomic mass is 9.94. The zero-order valence-corrected chi connectivity index (χ0v) is 17.3. The van der Waals surface area contributed by atoms with Gasteiger partial charge in [0.1, 0.15) is 18.2 Å². The maximum absolute atomic E-state index is 13.3. The first-order valence-electron chi connectivity index (χ1n) is 9.76. The Balaban J connectivity index is 1.76. The van der Waals surface area contributed by atoms with Crippen molar-refractivity contribution in [1.82, 2.24) is 14.8 Å². The summed E-state index contributed by atoms with van der Waals surface area (Å²) in [6.07, 6.45) is 1.43. The van der Waals surface area contributed by atoms with Crippen molar-refractivity contribution in [3.63, 3.8) is 0 Å². The van der Waals surface area contributed by atoms with Crippen LogP contribution >= 0.6 is 0 Å². The number of nitrogens with one attached hydrogen (secondary N) is 2. The molecule has 1 aliphatic heterocycles. The number of halogens is 1. The molecule has 0 aliphatic carbocycles. The Morgan fingerprint density at radius 1 is 1.23 bits per heavy atom. The van der Waals surface area contributed by atoms with Crippen LogP contribution in [0.3, 0.4) is 0 Å². The Kier molecular flexibility index (Phi) is 5.57. The molecule has 0 bridgehead atoms. The number of amides is 1. The second kappa shape index (κ2) is 8.47. The zero-order chi connectivity index (χ0) is 22.0. The largest absolute Gasteiger partial charge is 0.493 e. The second-order valence-electron chi connectivity index (χ2n) is 6.90. The average molecular weight is 423 g/mol. The number of carbonyl (C=O) groups excluding carboxylic acids is 1. The molecule has 160 valence electrons.